The first-order valence-electron chi connectivity index (χ1n) is 9.49. The molecule has 3 nitrogen and oxygen atoms in total. The molecule has 0 aliphatic rings. The highest BCUT2D eigenvalue weighted by Crippen LogP contribution is 2.34. The lowest BCUT2D eigenvalue weighted by atomic mass is 9.82. The van der Waals surface area contributed by atoms with E-state index in [0.29, 0.717) is 28.1 Å². The Balaban J connectivity index is 2.20. The van der Waals surface area contributed by atoms with Crippen molar-refractivity contribution in [3.05, 3.63) is 57.6 Å². The molecule has 5 heteroatoms. The van der Waals surface area contributed by atoms with Gasteiger partial charge in [-0.3, -0.25) is 0 Å². The molecule has 0 aliphatic carbocycles. The Labute approximate surface area is 179 Å². The summed E-state index contributed by atoms with van der Waals surface area (Å²) in [5.74, 6) is 1.40. The quantitative estimate of drug-likeness (QED) is 0.501. The van der Waals surface area contributed by atoms with Gasteiger partial charge in [0, 0.05) is 33.3 Å². The Kier molecular flexibility index (Phi) is 7.66. The molecule has 0 bridgehead atoms. The van der Waals surface area contributed by atoms with Crippen molar-refractivity contribution in [3.63, 3.8) is 0 Å². The lowest BCUT2D eigenvalue weighted by molar-refractivity contribution is 0.237. The van der Waals surface area contributed by atoms with Crippen LogP contribution in [0.1, 0.15) is 52.2 Å². The molecule has 0 saturated heterocycles. The third-order valence-corrected chi connectivity index (χ3v) is 5.14. The topological polar surface area (TPSA) is 30.5 Å². The van der Waals surface area contributed by atoms with Crippen LogP contribution in [0.3, 0.4) is 0 Å². The van der Waals surface area contributed by atoms with Gasteiger partial charge in [-0.15, -0.1) is 0 Å². The van der Waals surface area contributed by atoms with Crippen LogP contribution < -0.4 is 14.8 Å². The maximum atomic E-state index is 6.28. The van der Waals surface area contributed by atoms with E-state index in [9.17, 15) is 0 Å². The Morgan fingerprint density at radius 1 is 0.929 bits per heavy atom. The first-order valence-corrected chi connectivity index (χ1v) is 10.2. The normalized spacial score (nSPS) is 12.1. The molecule has 0 atom stereocenters. The van der Waals surface area contributed by atoms with Crippen molar-refractivity contribution in [2.75, 3.05) is 7.11 Å². The summed E-state index contributed by atoms with van der Waals surface area (Å²) < 4.78 is 11.7. The number of hydrogen-bond acceptors (Lipinski definition) is 3. The van der Waals surface area contributed by atoms with Crippen molar-refractivity contribution in [2.45, 2.75) is 59.7 Å². The average molecular weight is 424 g/mol. The predicted octanol–water partition coefficient (Wildman–Crippen LogP) is 6.89. The molecule has 1 N–H and O–H groups in total. The predicted molar refractivity (Wildman–Crippen MR) is 119 cm³/mol. The van der Waals surface area contributed by atoms with Crippen molar-refractivity contribution in [3.8, 4) is 11.5 Å². The van der Waals surface area contributed by atoms with E-state index < -0.39 is 0 Å². The van der Waals surface area contributed by atoms with Gasteiger partial charge < -0.3 is 14.8 Å². The second-order valence-corrected chi connectivity index (χ2v) is 9.73. The lowest BCUT2D eigenvalue weighted by Gasteiger charge is -2.33. The minimum Gasteiger partial charge on any atom is -0.493 e. The van der Waals surface area contributed by atoms with Gasteiger partial charge in [-0.1, -0.05) is 62.2 Å². The summed E-state index contributed by atoms with van der Waals surface area (Å²) >= 11 is 12.6. The average Bonchev–Trinajstić information content (AvgIpc) is 2.58. The van der Waals surface area contributed by atoms with Crippen LogP contribution in [0.15, 0.2) is 36.4 Å². The van der Waals surface area contributed by atoms with Gasteiger partial charge in [0.25, 0.3) is 0 Å². The maximum Gasteiger partial charge on any atom is 0.166 e. The zero-order valence-electron chi connectivity index (χ0n) is 17.7. The van der Waals surface area contributed by atoms with Gasteiger partial charge >= 0.3 is 0 Å². The number of hydrogen-bond donors (Lipinski definition) is 1. The van der Waals surface area contributed by atoms with Crippen LogP contribution in [0.5, 0.6) is 11.5 Å². The van der Waals surface area contributed by atoms with E-state index in [1.165, 1.54) is 0 Å². The zero-order chi connectivity index (χ0) is 20.9. The largest absolute Gasteiger partial charge is 0.493 e. The highest BCUT2D eigenvalue weighted by molar-refractivity contribution is 6.35. The minimum absolute atomic E-state index is 0.00928. The molecule has 0 heterocycles. The number of benzene rings is 2. The molecule has 0 radical (unpaired) electrons. The van der Waals surface area contributed by atoms with Gasteiger partial charge in [0.15, 0.2) is 11.5 Å². The van der Waals surface area contributed by atoms with Crippen LogP contribution in [0, 0.1) is 5.41 Å². The van der Waals surface area contributed by atoms with Gasteiger partial charge in [0.2, 0.25) is 0 Å². The summed E-state index contributed by atoms with van der Waals surface area (Å²) in [5.41, 5.74) is 2.03. The summed E-state index contributed by atoms with van der Waals surface area (Å²) in [5, 5.41) is 4.84. The number of rotatable bonds is 8. The molecule has 28 heavy (non-hydrogen) atoms. The van der Waals surface area contributed by atoms with E-state index in [4.69, 9.17) is 32.7 Å². The number of halogens is 2. The minimum atomic E-state index is -0.00928. The van der Waals surface area contributed by atoms with Gasteiger partial charge in [-0.25, -0.2) is 0 Å². The van der Waals surface area contributed by atoms with E-state index in [-0.39, 0.29) is 17.6 Å². The Hall–Kier alpha value is -1.42. The monoisotopic (exact) mass is 423 g/mol. The molecule has 0 fully saturated rings. The Morgan fingerprint density at radius 2 is 1.54 bits per heavy atom. The highest BCUT2D eigenvalue weighted by atomic mass is 35.5. The first-order chi connectivity index (χ1) is 13.0. The molecule has 2 aromatic rings. The van der Waals surface area contributed by atoms with Gasteiger partial charge in [0.1, 0.15) is 6.61 Å². The van der Waals surface area contributed by atoms with Crippen molar-refractivity contribution in [1.82, 2.24) is 5.32 Å². The van der Waals surface area contributed by atoms with E-state index in [1.54, 1.807) is 7.11 Å². The van der Waals surface area contributed by atoms with Gasteiger partial charge in [-0.05, 0) is 43.9 Å². The molecule has 154 valence electrons. The summed E-state index contributed by atoms with van der Waals surface area (Å²) in [6, 6.07) is 11.4. The molecule has 0 aliphatic heterocycles. The third-order valence-electron chi connectivity index (χ3n) is 4.43. The number of ether oxygens (including phenoxy) is 2. The number of para-hydroxylation sites is 1. The molecule has 0 saturated carbocycles. The van der Waals surface area contributed by atoms with Crippen molar-refractivity contribution < 1.29 is 9.47 Å². The molecule has 2 aromatic carbocycles. The van der Waals surface area contributed by atoms with Crippen LogP contribution >= 0.6 is 23.2 Å². The highest BCUT2D eigenvalue weighted by Gasteiger charge is 2.25. The van der Waals surface area contributed by atoms with Crippen LogP contribution in [0.25, 0.3) is 0 Å². The van der Waals surface area contributed by atoms with Gasteiger partial charge in [-0.2, -0.15) is 0 Å². The molecule has 0 aromatic heterocycles. The second-order valence-electron chi connectivity index (χ2n) is 8.91. The molecule has 0 spiro atoms. The molecular formula is C23H31Cl2NO2. The fraction of sp³-hybridized carbons (Fsp3) is 0.478. The maximum absolute atomic E-state index is 6.28. The smallest absolute Gasteiger partial charge is 0.166 e. The van der Waals surface area contributed by atoms with Crippen molar-refractivity contribution in [1.29, 1.82) is 0 Å². The van der Waals surface area contributed by atoms with Crippen LogP contribution in [-0.4, -0.2) is 12.6 Å². The van der Waals surface area contributed by atoms with Crippen molar-refractivity contribution in [2.24, 2.45) is 5.41 Å². The van der Waals surface area contributed by atoms with Crippen LogP contribution in [0.2, 0.25) is 10.0 Å². The Morgan fingerprint density at radius 3 is 2.11 bits per heavy atom. The zero-order valence-corrected chi connectivity index (χ0v) is 19.2. The number of methoxy groups -OCH3 is 1. The van der Waals surface area contributed by atoms with Crippen LogP contribution in [0.4, 0.5) is 0 Å². The number of nitrogens with one attached hydrogen (secondary N) is 1. The van der Waals surface area contributed by atoms with Gasteiger partial charge in [0.05, 0.1) is 7.11 Å². The summed E-state index contributed by atoms with van der Waals surface area (Å²) in [6.45, 7) is 12.2. The summed E-state index contributed by atoms with van der Waals surface area (Å²) in [4.78, 5) is 0. The molecule has 0 amide bonds. The summed E-state index contributed by atoms with van der Waals surface area (Å²) in [7, 11) is 1.64. The SMILES string of the molecule is COc1cccc(CNC(C)(C)CC(C)(C)C)c1OCc1c(Cl)cccc1Cl. The molecule has 0 unspecified atom stereocenters. The molecular weight excluding hydrogens is 393 g/mol. The van der Waals surface area contributed by atoms with E-state index in [0.717, 1.165) is 17.5 Å². The van der Waals surface area contributed by atoms with E-state index >= 15 is 0 Å². The standard InChI is InChI=1S/C23H31Cl2NO2/c1-22(2,3)15-23(4,5)26-13-16-9-7-12-20(27-6)21(16)28-14-17-18(24)10-8-11-19(17)25/h7-12,26H,13-15H2,1-6H3. The van der Waals surface area contributed by atoms with E-state index in [1.807, 2.05) is 36.4 Å². The Bertz CT molecular complexity index is 777. The third kappa shape index (κ3) is 6.58. The first kappa shape index (κ1) is 22.9. The fourth-order valence-electron chi connectivity index (χ4n) is 3.56. The second kappa shape index (κ2) is 9.39. The van der Waals surface area contributed by atoms with Crippen LogP contribution in [-0.2, 0) is 13.2 Å². The summed E-state index contributed by atoms with van der Waals surface area (Å²) in [6.07, 6.45) is 1.05. The van der Waals surface area contributed by atoms with E-state index in [2.05, 4.69) is 39.9 Å². The fourth-order valence-corrected chi connectivity index (χ4v) is 4.07. The van der Waals surface area contributed by atoms with Crippen molar-refractivity contribution >= 4 is 23.2 Å². The lowest BCUT2D eigenvalue weighted by Crippen LogP contribution is -2.41. The molecule has 2 rings (SSSR count).